The van der Waals surface area contributed by atoms with Crippen molar-refractivity contribution in [3.8, 4) is 5.75 Å². The van der Waals surface area contributed by atoms with Crippen LogP contribution in [0, 0.1) is 0 Å². The summed E-state index contributed by atoms with van der Waals surface area (Å²) < 4.78 is 10.7. The van der Waals surface area contributed by atoms with Crippen molar-refractivity contribution in [3.63, 3.8) is 0 Å². The van der Waals surface area contributed by atoms with Crippen molar-refractivity contribution in [3.05, 3.63) is 71.8 Å². The predicted molar refractivity (Wildman–Crippen MR) is 111 cm³/mol. The van der Waals surface area contributed by atoms with Crippen molar-refractivity contribution < 1.29 is 14.3 Å². The number of hydrogen-bond donors (Lipinski definition) is 0. The summed E-state index contributed by atoms with van der Waals surface area (Å²) in [5.41, 5.74) is 2.35. The molecule has 0 radical (unpaired) electrons. The minimum absolute atomic E-state index is 0.0754. The number of ether oxygens (including phenoxy) is 2. The molecule has 0 aliphatic heterocycles. The van der Waals surface area contributed by atoms with Crippen LogP contribution in [0.3, 0.4) is 0 Å². The summed E-state index contributed by atoms with van der Waals surface area (Å²) in [6.07, 6.45) is 10.3. The van der Waals surface area contributed by atoms with Gasteiger partial charge < -0.3 is 9.47 Å². The van der Waals surface area contributed by atoms with Gasteiger partial charge in [-0.05, 0) is 49.4 Å². The lowest BCUT2D eigenvalue weighted by Crippen LogP contribution is -2.02. The Bertz CT molecular complexity index is 675. The topological polar surface area (TPSA) is 35.5 Å². The van der Waals surface area contributed by atoms with Gasteiger partial charge in [0.1, 0.15) is 12.4 Å². The molecule has 144 valence electrons. The van der Waals surface area contributed by atoms with Crippen molar-refractivity contribution in [1.82, 2.24) is 0 Å². The normalized spacial score (nSPS) is 10.9. The van der Waals surface area contributed by atoms with Crippen LogP contribution in [0.25, 0.3) is 6.08 Å². The Kier molecular flexibility index (Phi) is 9.80. The maximum absolute atomic E-state index is 11.2. The van der Waals surface area contributed by atoms with Gasteiger partial charge in [0.2, 0.25) is 0 Å². The van der Waals surface area contributed by atoms with Crippen molar-refractivity contribution in [2.75, 3.05) is 6.61 Å². The van der Waals surface area contributed by atoms with Gasteiger partial charge in [-0.15, -0.1) is 0 Å². The van der Waals surface area contributed by atoms with Crippen LogP contribution in [-0.2, 0) is 16.1 Å². The molecule has 0 fully saturated rings. The first-order valence-corrected chi connectivity index (χ1v) is 9.87. The van der Waals surface area contributed by atoms with Gasteiger partial charge in [-0.1, -0.05) is 67.5 Å². The van der Waals surface area contributed by atoms with Gasteiger partial charge in [-0.2, -0.15) is 0 Å². The summed E-state index contributed by atoms with van der Waals surface area (Å²) in [5.74, 6) is 0.811. The summed E-state index contributed by atoms with van der Waals surface area (Å²) >= 11 is 0. The van der Waals surface area contributed by atoms with Crippen LogP contribution in [0.5, 0.6) is 5.75 Å². The summed E-state index contributed by atoms with van der Waals surface area (Å²) in [7, 11) is 0. The van der Waals surface area contributed by atoms with E-state index in [4.69, 9.17) is 9.47 Å². The highest BCUT2D eigenvalue weighted by Crippen LogP contribution is 2.16. The molecule has 27 heavy (non-hydrogen) atoms. The maximum atomic E-state index is 11.2. The molecule has 2 aromatic carbocycles. The van der Waals surface area contributed by atoms with Crippen molar-refractivity contribution in [1.29, 1.82) is 0 Å². The first kappa shape index (κ1) is 20.8. The van der Waals surface area contributed by atoms with Crippen LogP contribution in [0.4, 0.5) is 0 Å². The van der Waals surface area contributed by atoms with E-state index in [1.807, 2.05) is 37.3 Å². The van der Waals surface area contributed by atoms with Gasteiger partial charge in [0.15, 0.2) is 0 Å². The van der Waals surface area contributed by atoms with E-state index >= 15 is 0 Å². The fraction of sp³-hybridized carbons (Fsp3) is 0.375. The monoisotopic (exact) mass is 366 g/mol. The molecule has 2 rings (SSSR count). The number of carbonyl (C=O) groups excluding carboxylic acids is 1. The first-order valence-electron chi connectivity index (χ1n) is 9.87. The third kappa shape index (κ3) is 9.09. The highest BCUT2D eigenvalue weighted by molar-refractivity contribution is 5.69. The zero-order chi connectivity index (χ0) is 19.2. The van der Waals surface area contributed by atoms with Crippen LogP contribution in [0.2, 0.25) is 0 Å². The van der Waals surface area contributed by atoms with E-state index in [0.29, 0.717) is 19.6 Å². The summed E-state index contributed by atoms with van der Waals surface area (Å²) in [4.78, 5) is 11.2. The Morgan fingerprint density at radius 3 is 2.41 bits per heavy atom. The molecule has 0 aliphatic carbocycles. The van der Waals surface area contributed by atoms with E-state index in [-0.39, 0.29) is 5.97 Å². The van der Waals surface area contributed by atoms with Crippen molar-refractivity contribution in [2.24, 2.45) is 0 Å². The number of benzene rings is 2. The molecule has 3 nitrogen and oxygen atoms in total. The van der Waals surface area contributed by atoms with E-state index in [1.165, 1.54) is 11.1 Å². The third-order valence-electron chi connectivity index (χ3n) is 4.25. The van der Waals surface area contributed by atoms with Gasteiger partial charge in [-0.3, -0.25) is 4.79 Å². The minimum Gasteiger partial charge on any atom is -0.489 e. The van der Waals surface area contributed by atoms with Crippen LogP contribution in [0.1, 0.15) is 56.6 Å². The Morgan fingerprint density at radius 1 is 0.926 bits per heavy atom. The Labute approximate surface area is 163 Å². The lowest BCUT2D eigenvalue weighted by Gasteiger charge is -2.06. The molecule has 0 amide bonds. The maximum Gasteiger partial charge on any atom is 0.305 e. The summed E-state index contributed by atoms with van der Waals surface area (Å²) in [6.45, 7) is 2.91. The quantitative estimate of drug-likeness (QED) is 0.332. The van der Waals surface area contributed by atoms with Gasteiger partial charge >= 0.3 is 5.97 Å². The van der Waals surface area contributed by atoms with Crippen LogP contribution in [0.15, 0.2) is 60.7 Å². The highest BCUT2D eigenvalue weighted by atomic mass is 16.5. The van der Waals surface area contributed by atoms with E-state index < -0.39 is 0 Å². The zero-order valence-electron chi connectivity index (χ0n) is 16.2. The average molecular weight is 367 g/mol. The van der Waals surface area contributed by atoms with Gasteiger partial charge in [0.05, 0.1) is 6.61 Å². The molecule has 0 aliphatic rings. The molecule has 3 heteroatoms. The Hall–Kier alpha value is -2.55. The highest BCUT2D eigenvalue weighted by Gasteiger charge is 2.00. The van der Waals surface area contributed by atoms with E-state index in [1.54, 1.807) is 0 Å². The lowest BCUT2D eigenvalue weighted by molar-refractivity contribution is -0.143. The second-order valence-electron chi connectivity index (χ2n) is 6.50. The Morgan fingerprint density at radius 2 is 1.67 bits per heavy atom. The molecule has 0 heterocycles. The molecule has 0 N–H and O–H groups in total. The zero-order valence-corrected chi connectivity index (χ0v) is 16.2. The molecule has 2 aromatic rings. The van der Waals surface area contributed by atoms with E-state index in [9.17, 15) is 4.79 Å². The smallest absolute Gasteiger partial charge is 0.305 e. The number of carbonyl (C=O) groups is 1. The number of allylic oxidation sites excluding steroid dienone is 1. The third-order valence-corrected chi connectivity index (χ3v) is 4.25. The van der Waals surface area contributed by atoms with Gasteiger partial charge in [-0.25, -0.2) is 0 Å². The standard InChI is InChI=1S/C24H30O3/c1-2-26-24(25)15-11-6-4-3-5-8-12-21-16-18-23(19-17-21)27-20-22-13-9-7-10-14-22/h7-10,12-14,16-19H,2-6,11,15,20H2,1H3/b12-8+. The van der Waals surface area contributed by atoms with E-state index in [2.05, 4.69) is 36.4 Å². The predicted octanol–water partition coefficient (Wildman–Crippen LogP) is 6.18. The molecule has 0 spiro atoms. The largest absolute Gasteiger partial charge is 0.489 e. The summed E-state index contributed by atoms with van der Waals surface area (Å²) in [6, 6.07) is 18.4. The lowest BCUT2D eigenvalue weighted by atomic mass is 10.1. The first-order chi connectivity index (χ1) is 13.3. The van der Waals surface area contributed by atoms with Crippen molar-refractivity contribution in [2.45, 2.75) is 52.1 Å². The molecular weight excluding hydrogens is 336 g/mol. The molecule has 0 bridgehead atoms. The van der Waals surface area contributed by atoms with Gasteiger partial charge in [0, 0.05) is 6.42 Å². The Balaban J connectivity index is 1.58. The van der Waals surface area contributed by atoms with Crippen LogP contribution >= 0.6 is 0 Å². The molecule has 0 aromatic heterocycles. The van der Waals surface area contributed by atoms with Crippen molar-refractivity contribution >= 4 is 12.0 Å². The van der Waals surface area contributed by atoms with E-state index in [0.717, 1.165) is 37.9 Å². The molecular formula is C24H30O3. The number of rotatable bonds is 12. The minimum atomic E-state index is -0.0754. The fourth-order valence-electron chi connectivity index (χ4n) is 2.75. The number of unbranched alkanes of at least 4 members (excludes halogenated alkanes) is 4. The van der Waals surface area contributed by atoms with Crippen LogP contribution in [-0.4, -0.2) is 12.6 Å². The second-order valence-corrected chi connectivity index (χ2v) is 6.50. The molecule has 0 saturated carbocycles. The SMILES string of the molecule is CCOC(=O)CCCCCC/C=C/c1ccc(OCc2ccccc2)cc1. The van der Waals surface area contributed by atoms with Gasteiger partial charge in [0.25, 0.3) is 0 Å². The van der Waals surface area contributed by atoms with Crippen LogP contribution < -0.4 is 4.74 Å². The fourth-order valence-corrected chi connectivity index (χ4v) is 2.75. The molecule has 0 saturated heterocycles. The second kappa shape index (κ2) is 12.7. The average Bonchev–Trinajstić information content (AvgIpc) is 2.70. The number of hydrogen-bond acceptors (Lipinski definition) is 3. The number of esters is 1. The molecule has 0 atom stereocenters. The summed E-state index contributed by atoms with van der Waals surface area (Å²) in [5, 5.41) is 0. The molecule has 0 unspecified atom stereocenters.